The maximum absolute atomic E-state index is 13.3. The Hall–Kier alpha value is -1.59. The zero-order valence-corrected chi connectivity index (χ0v) is 11.9. The predicted octanol–water partition coefficient (Wildman–Crippen LogP) is 4.01. The highest BCUT2D eigenvalue weighted by atomic mass is 19.2. The number of hydrogen-bond acceptors (Lipinski definition) is 3. The molecule has 3 nitrogen and oxygen atoms in total. The number of hydrogen-bond donors (Lipinski definition) is 0. The molecule has 0 aromatic carbocycles. The molecular weight excluding hydrogens is 283 g/mol. The van der Waals surface area contributed by atoms with E-state index in [9.17, 15) is 18.0 Å². The van der Waals surface area contributed by atoms with Crippen molar-refractivity contribution in [1.29, 1.82) is 0 Å². The van der Waals surface area contributed by atoms with Crippen LogP contribution in [-0.4, -0.2) is 11.0 Å². The van der Waals surface area contributed by atoms with Crippen molar-refractivity contribution in [2.75, 3.05) is 0 Å². The van der Waals surface area contributed by atoms with Crippen LogP contribution in [0.1, 0.15) is 45.4 Å². The van der Waals surface area contributed by atoms with E-state index < -0.39 is 29.4 Å². The minimum Gasteiger partial charge on any atom is -0.421 e. The van der Waals surface area contributed by atoms with E-state index in [0.29, 0.717) is 24.8 Å². The molecule has 1 fully saturated rings. The van der Waals surface area contributed by atoms with Crippen LogP contribution < -0.4 is 4.74 Å². The van der Waals surface area contributed by atoms with Crippen molar-refractivity contribution in [1.82, 2.24) is 4.98 Å². The Morgan fingerprint density at radius 2 is 1.90 bits per heavy atom. The summed E-state index contributed by atoms with van der Waals surface area (Å²) in [7, 11) is 0. The Morgan fingerprint density at radius 3 is 2.52 bits per heavy atom. The number of rotatable bonds is 4. The zero-order valence-electron chi connectivity index (χ0n) is 11.9. The summed E-state index contributed by atoms with van der Waals surface area (Å²) >= 11 is 0. The summed E-state index contributed by atoms with van der Waals surface area (Å²) in [5.41, 5.74) is 0. The highest BCUT2D eigenvalue weighted by molar-refractivity contribution is 5.75. The van der Waals surface area contributed by atoms with Crippen molar-refractivity contribution in [3.05, 3.63) is 23.8 Å². The molecule has 0 N–H and O–H groups in total. The molecule has 2 rings (SSSR count). The molecule has 0 radical (unpaired) electrons. The molecule has 0 atom stereocenters. The van der Waals surface area contributed by atoms with Gasteiger partial charge in [0.2, 0.25) is 0 Å². The third-order valence-electron chi connectivity index (χ3n) is 3.94. The second-order valence-electron chi connectivity index (χ2n) is 5.48. The molecule has 1 aliphatic rings. The first kappa shape index (κ1) is 15.8. The van der Waals surface area contributed by atoms with Crippen LogP contribution in [0.2, 0.25) is 0 Å². The molecule has 1 aromatic rings. The number of carbonyl (C=O) groups excluding carboxylic acids is 1. The summed E-state index contributed by atoms with van der Waals surface area (Å²) < 4.78 is 43.9. The van der Waals surface area contributed by atoms with E-state index in [1.54, 1.807) is 0 Å². The number of pyridine rings is 1. The van der Waals surface area contributed by atoms with Crippen molar-refractivity contribution >= 4 is 5.97 Å². The van der Waals surface area contributed by atoms with E-state index >= 15 is 0 Å². The van der Waals surface area contributed by atoms with Gasteiger partial charge in [-0.1, -0.05) is 19.8 Å². The Balaban J connectivity index is 1.95. The zero-order chi connectivity index (χ0) is 15.4. The van der Waals surface area contributed by atoms with Gasteiger partial charge in [0.05, 0.1) is 5.92 Å². The number of carbonyl (C=O) groups is 1. The van der Waals surface area contributed by atoms with Gasteiger partial charge in [-0.25, -0.2) is 4.39 Å². The average Bonchev–Trinajstić information content (AvgIpc) is 2.46. The van der Waals surface area contributed by atoms with Gasteiger partial charge in [0.1, 0.15) is 0 Å². The van der Waals surface area contributed by atoms with Crippen LogP contribution in [-0.2, 0) is 4.79 Å². The smallest absolute Gasteiger partial charge is 0.314 e. The Kier molecular flexibility index (Phi) is 5.20. The van der Waals surface area contributed by atoms with Crippen LogP contribution in [0.3, 0.4) is 0 Å². The van der Waals surface area contributed by atoms with E-state index in [4.69, 9.17) is 4.74 Å². The standard InChI is InChI=1S/C15H18F3NO2/c1-2-3-9-4-6-10(7-5-9)15(20)21-12-8-11(16)13(17)19-14(12)18/h8-10H,2-7H2,1H3. The van der Waals surface area contributed by atoms with Gasteiger partial charge in [0.25, 0.3) is 11.9 Å². The van der Waals surface area contributed by atoms with E-state index in [0.717, 1.165) is 25.7 Å². The minimum atomic E-state index is -1.55. The van der Waals surface area contributed by atoms with Crippen LogP contribution in [0, 0.1) is 29.5 Å². The summed E-state index contributed by atoms with van der Waals surface area (Å²) in [5.74, 6) is -5.15. The number of halogens is 3. The van der Waals surface area contributed by atoms with Crippen molar-refractivity contribution in [3.63, 3.8) is 0 Å². The first-order valence-corrected chi connectivity index (χ1v) is 7.24. The monoisotopic (exact) mass is 301 g/mol. The second kappa shape index (κ2) is 6.91. The lowest BCUT2D eigenvalue weighted by molar-refractivity contribution is -0.140. The van der Waals surface area contributed by atoms with E-state index in [1.165, 1.54) is 0 Å². The molecular formula is C15H18F3NO2. The third kappa shape index (κ3) is 3.95. The van der Waals surface area contributed by atoms with E-state index in [-0.39, 0.29) is 5.92 Å². The number of nitrogens with zero attached hydrogens (tertiary/aromatic N) is 1. The second-order valence-corrected chi connectivity index (χ2v) is 5.48. The lowest BCUT2D eigenvalue weighted by atomic mass is 9.80. The molecule has 0 amide bonds. The lowest BCUT2D eigenvalue weighted by Gasteiger charge is -2.26. The van der Waals surface area contributed by atoms with Gasteiger partial charge in [0.15, 0.2) is 11.6 Å². The topological polar surface area (TPSA) is 39.2 Å². The molecule has 116 valence electrons. The van der Waals surface area contributed by atoms with Crippen LogP contribution in [0.15, 0.2) is 6.07 Å². The third-order valence-corrected chi connectivity index (χ3v) is 3.94. The molecule has 1 aromatic heterocycles. The van der Waals surface area contributed by atoms with Crippen molar-refractivity contribution < 1.29 is 22.7 Å². The summed E-state index contributed by atoms with van der Waals surface area (Å²) in [6.07, 6.45) is 5.50. The predicted molar refractivity (Wildman–Crippen MR) is 70.1 cm³/mol. The van der Waals surface area contributed by atoms with Gasteiger partial charge in [-0.05, 0) is 31.6 Å². The highest BCUT2D eigenvalue weighted by Gasteiger charge is 2.28. The van der Waals surface area contributed by atoms with Crippen LogP contribution >= 0.6 is 0 Å². The molecule has 1 heterocycles. The van der Waals surface area contributed by atoms with E-state index in [1.807, 2.05) is 0 Å². The fourth-order valence-corrected chi connectivity index (χ4v) is 2.79. The maximum atomic E-state index is 13.3. The quantitative estimate of drug-likeness (QED) is 0.623. The van der Waals surface area contributed by atoms with Crippen LogP contribution in [0.5, 0.6) is 5.75 Å². The van der Waals surface area contributed by atoms with Crippen molar-refractivity contribution in [3.8, 4) is 5.75 Å². The summed E-state index contributed by atoms with van der Waals surface area (Å²) in [6, 6.07) is 0.512. The molecule has 0 spiro atoms. The minimum absolute atomic E-state index is 0.314. The summed E-state index contributed by atoms with van der Waals surface area (Å²) in [4.78, 5) is 14.7. The summed E-state index contributed by atoms with van der Waals surface area (Å²) in [5, 5.41) is 0. The van der Waals surface area contributed by atoms with Gasteiger partial charge in [-0.2, -0.15) is 13.8 Å². The van der Waals surface area contributed by atoms with Gasteiger partial charge in [0, 0.05) is 6.07 Å². The molecule has 0 aliphatic heterocycles. The fourth-order valence-electron chi connectivity index (χ4n) is 2.79. The largest absolute Gasteiger partial charge is 0.421 e. The Morgan fingerprint density at radius 1 is 1.24 bits per heavy atom. The Bertz CT molecular complexity index is 514. The van der Waals surface area contributed by atoms with Crippen molar-refractivity contribution in [2.24, 2.45) is 11.8 Å². The SMILES string of the molecule is CCCC1CCC(C(=O)Oc2cc(F)c(F)nc2F)CC1. The van der Waals surface area contributed by atoms with Gasteiger partial charge in [-0.3, -0.25) is 4.79 Å². The van der Waals surface area contributed by atoms with Gasteiger partial charge >= 0.3 is 5.97 Å². The van der Waals surface area contributed by atoms with Crippen LogP contribution in [0.25, 0.3) is 0 Å². The first-order valence-electron chi connectivity index (χ1n) is 7.24. The Labute approximate surface area is 121 Å². The number of esters is 1. The molecule has 1 aliphatic carbocycles. The number of ether oxygens (including phenoxy) is 1. The van der Waals surface area contributed by atoms with Gasteiger partial charge < -0.3 is 4.74 Å². The lowest BCUT2D eigenvalue weighted by Crippen LogP contribution is -2.26. The molecule has 1 saturated carbocycles. The van der Waals surface area contributed by atoms with Crippen LogP contribution in [0.4, 0.5) is 13.2 Å². The molecule has 0 unspecified atom stereocenters. The number of aromatic nitrogens is 1. The molecule has 21 heavy (non-hydrogen) atoms. The van der Waals surface area contributed by atoms with Crippen molar-refractivity contribution in [2.45, 2.75) is 45.4 Å². The normalized spacial score (nSPS) is 22.1. The summed E-state index contributed by atoms with van der Waals surface area (Å²) in [6.45, 7) is 2.12. The molecule has 0 saturated heterocycles. The fraction of sp³-hybridized carbons (Fsp3) is 0.600. The average molecular weight is 301 g/mol. The van der Waals surface area contributed by atoms with E-state index in [2.05, 4.69) is 11.9 Å². The molecule has 6 heteroatoms. The molecule has 0 bridgehead atoms. The first-order chi connectivity index (χ1) is 10.0. The highest BCUT2D eigenvalue weighted by Crippen LogP contribution is 2.32. The van der Waals surface area contributed by atoms with Gasteiger partial charge in [-0.15, -0.1) is 0 Å². The maximum Gasteiger partial charge on any atom is 0.314 e.